The summed E-state index contributed by atoms with van der Waals surface area (Å²) in [6.07, 6.45) is 0.859. The van der Waals surface area contributed by atoms with Crippen LogP contribution in [0.3, 0.4) is 0 Å². The molecule has 2 N–H and O–H groups in total. The standard InChI is InChI=1S/C14H21NO4/c1-4-9-15-14(2,13(16)17)10-19-12-8-6-5-7-11(12)18-3/h5-8,15H,4,9-10H2,1-3H3,(H,16,17). The molecule has 0 spiro atoms. The Labute approximate surface area is 113 Å². The summed E-state index contributed by atoms with van der Waals surface area (Å²) in [5.41, 5.74) is -1.11. The number of aliphatic carboxylic acids is 1. The Morgan fingerprint density at radius 3 is 2.53 bits per heavy atom. The van der Waals surface area contributed by atoms with Gasteiger partial charge in [0.1, 0.15) is 12.1 Å². The molecule has 0 amide bonds. The van der Waals surface area contributed by atoms with Crippen molar-refractivity contribution >= 4 is 5.97 Å². The highest BCUT2D eigenvalue weighted by Gasteiger charge is 2.33. The zero-order chi connectivity index (χ0) is 14.3. The molecular weight excluding hydrogens is 246 g/mol. The number of nitrogens with one attached hydrogen (secondary N) is 1. The van der Waals surface area contributed by atoms with Crippen molar-refractivity contribution in [2.24, 2.45) is 0 Å². The van der Waals surface area contributed by atoms with Gasteiger partial charge in [0, 0.05) is 0 Å². The maximum Gasteiger partial charge on any atom is 0.327 e. The van der Waals surface area contributed by atoms with Gasteiger partial charge in [-0.2, -0.15) is 0 Å². The Kier molecular flexibility index (Phi) is 5.63. The van der Waals surface area contributed by atoms with Gasteiger partial charge in [0.15, 0.2) is 11.5 Å². The van der Waals surface area contributed by atoms with E-state index in [0.29, 0.717) is 18.0 Å². The molecule has 1 unspecified atom stereocenters. The fraction of sp³-hybridized carbons (Fsp3) is 0.500. The molecule has 0 radical (unpaired) electrons. The van der Waals surface area contributed by atoms with Crippen LogP contribution in [0.15, 0.2) is 24.3 Å². The third-order valence-electron chi connectivity index (χ3n) is 2.82. The number of benzene rings is 1. The van der Waals surface area contributed by atoms with Crippen molar-refractivity contribution in [3.05, 3.63) is 24.3 Å². The summed E-state index contributed by atoms with van der Waals surface area (Å²) in [4.78, 5) is 11.3. The Hall–Kier alpha value is -1.75. The van der Waals surface area contributed by atoms with E-state index in [2.05, 4.69) is 5.32 Å². The molecule has 0 aliphatic heterocycles. The van der Waals surface area contributed by atoms with E-state index in [1.807, 2.05) is 19.1 Å². The predicted molar refractivity (Wildman–Crippen MR) is 72.8 cm³/mol. The minimum absolute atomic E-state index is 0.0305. The van der Waals surface area contributed by atoms with E-state index in [1.165, 1.54) is 0 Å². The third kappa shape index (κ3) is 4.13. The summed E-state index contributed by atoms with van der Waals surface area (Å²) < 4.78 is 10.7. The van der Waals surface area contributed by atoms with E-state index < -0.39 is 11.5 Å². The number of carboxylic acid groups (broad SMARTS) is 1. The second-order valence-electron chi connectivity index (χ2n) is 4.50. The van der Waals surface area contributed by atoms with Crippen molar-refractivity contribution in [2.45, 2.75) is 25.8 Å². The van der Waals surface area contributed by atoms with E-state index >= 15 is 0 Å². The first-order valence-electron chi connectivity index (χ1n) is 6.27. The number of carbonyl (C=O) groups is 1. The molecule has 0 saturated carbocycles. The van der Waals surface area contributed by atoms with Gasteiger partial charge >= 0.3 is 5.97 Å². The topological polar surface area (TPSA) is 67.8 Å². The maximum absolute atomic E-state index is 11.3. The van der Waals surface area contributed by atoms with Gasteiger partial charge in [0.2, 0.25) is 0 Å². The molecule has 19 heavy (non-hydrogen) atoms. The lowest BCUT2D eigenvalue weighted by Crippen LogP contribution is -2.54. The van der Waals surface area contributed by atoms with Gasteiger partial charge in [0.05, 0.1) is 7.11 Å². The fourth-order valence-electron chi connectivity index (χ4n) is 1.55. The van der Waals surface area contributed by atoms with Crippen LogP contribution >= 0.6 is 0 Å². The highest BCUT2D eigenvalue weighted by molar-refractivity contribution is 5.78. The SMILES string of the molecule is CCCNC(C)(COc1ccccc1OC)C(=O)O. The van der Waals surface area contributed by atoms with Gasteiger partial charge < -0.3 is 14.6 Å². The number of rotatable bonds is 8. The van der Waals surface area contributed by atoms with Crippen LogP contribution in [0.2, 0.25) is 0 Å². The third-order valence-corrected chi connectivity index (χ3v) is 2.82. The second-order valence-corrected chi connectivity index (χ2v) is 4.50. The van der Waals surface area contributed by atoms with Crippen LogP contribution in [0.1, 0.15) is 20.3 Å². The van der Waals surface area contributed by atoms with Crippen LogP contribution in [0, 0.1) is 0 Å². The average molecular weight is 267 g/mol. The smallest absolute Gasteiger partial charge is 0.327 e. The molecule has 0 aromatic heterocycles. The quantitative estimate of drug-likeness (QED) is 0.753. The summed E-state index contributed by atoms with van der Waals surface area (Å²) in [6, 6.07) is 7.17. The minimum Gasteiger partial charge on any atom is -0.493 e. The molecule has 0 heterocycles. The first-order chi connectivity index (χ1) is 9.03. The first kappa shape index (κ1) is 15.3. The molecule has 1 aromatic carbocycles. The molecule has 1 rings (SSSR count). The van der Waals surface area contributed by atoms with Crippen LogP contribution in [0.5, 0.6) is 11.5 Å². The number of hydrogen-bond donors (Lipinski definition) is 2. The summed E-state index contributed by atoms with van der Waals surface area (Å²) in [7, 11) is 1.55. The van der Waals surface area contributed by atoms with Crippen LogP contribution in [-0.4, -0.2) is 36.9 Å². The molecule has 5 heteroatoms. The van der Waals surface area contributed by atoms with Crippen molar-refractivity contribution < 1.29 is 19.4 Å². The van der Waals surface area contributed by atoms with Crippen LogP contribution in [-0.2, 0) is 4.79 Å². The van der Waals surface area contributed by atoms with Gasteiger partial charge in [-0.3, -0.25) is 10.1 Å². The van der Waals surface area contributed by atoms with Crippen molar-refractivity contribution in [3.63, 3.8) is 0 Å². The lowest BCUT2D eigenvalue weighted by Gasteiger charge is -2.26. The summed E-state index contributed by atoms with van der Waals surface area (Å²) in [6.45, 7) is 4.25. The van der Waals surface area contributed by atoms with Gasteiger partial charge in [-0.25, -0.2) is 0 Å². The summed E-state index contributed by atoms with van der Waals surface area (Å²) >= 11 is 0. The highest BCUT2D eigenvalue weighted by atomic mass is 16.5. The number of ether oxygens (including phenoxy) is 2. The number of carboxylic acids is 1. The zero-order valence-corrected chi connectivity index (χ0v) is 11.6. The highest BCUT2D eigenvalue weighted by Crippen LogP contribution is 2.26. The molecule has 1 aromatic rings. The number of methoxy groups -OCH3 is 1. The van der Waals surface area contributed by atoms with Crippen LogP contribution in [0.4, 0.5) is 0 Å². The van der Waals surface area contributed by atoms with Crippen molar-refractivity contribution in [3.8, 4) is 11.5 Å². The molecule has 0 bridgehead atoms. The van der Waals surface area contributed by atoms with Gasteiger partial charge in [-0.15, -0.1) is 0 Å². The van der Waals surface area contributed by atoms with E-state index in [0.717, 1.165) is 6.42 Å². The lowest BCUT2D eigenvalue weighted by atomic mass is 10.0. The van der Waals surface area contributed by atoms with Gasteiger partial charge in [-0.05, 0) is 32.0 Å². The summed E-state index contributed by atoms with van der Waals surface area (Å²) in [5.74, 6) is 0.192. The Balaban J connectivity index is 2.73. The number of para-hydroxylation sites is 2. The lowest BCUT2D eigenvalue weighted by molar-refractivity contribution is -0.145. The van der Waals surface area contributed by atoms with Crippen molar-refractivity contribution in [1.29, 1.82) is 0 Å². The zero-order valence-electron chi connectivity index (χ0n) is 11.6. The largest absolute Gasteiger partial charge is 0.493 e. The van der Waals surface area contributed by atoms with Gasteiger partial charge in [-0.1, -0.05) is 19.1 Å². The van der Waals surface area contributed by atoms with E-state index in [-0.39, 0.29) is 6.61 Å². The van der Waals surface area contributed by atoms with Crippen LogP contribution < -0.4 is 14.8 Å². The molecule has 5 nitrogen and oxygen atoms in total. The normalized spacial score (nSPS) is 13.6. The van der Waals surface area contributed by atoms with Crippen LogP contribution in [0.25, 0.3) is 0 Å². The Bertz CT molecular complexity index is 422. The number of hydrogen-bond acceptors (Lipinski definition) is 4. The van der Waals surface area contributed by atoms with Gasteiger partial charge in [0.25, 0.3) is 0 Å². The van der Waals surface area contributed by atoms with E-state index in [9.17, 15) is 9.90 Å². The Morgan fingerprint density at radius 2 is 2.00 bits per heavy atom. The monoisotopic (exact) mass is 267 g/mol. The Morgan fingerprint density at radius 1 is 1.37 bits per heavy atom. The summed E-state index contributed by atoms with van der Waals surface area (Å²) in [5, 5.41) is 12.3. The molecule has 0 fully saturated rings. The minimum atomic E-state index is -1.11. The molecule has 0 saturated heterocycles. The average Bonchev–Trinajstić information content (AvgIpc) is 2.43. The molecule has 0 aliphatic rings. The first-order valence-corrected chi connectivity index (χ1v) is 6.27. The predicted octanol–water partition coefficient (Wildman–Crippen LogP) is 1.92. The molecule has 1 atom stereocenters. The molecule has 106 valence electrons. The maximum atomic E-state index is 11.3. The molecule has 0 aliphatic carbocycles. The fourth-order valence-corrected chi connectivity index (χ4v) is 1.55. The van der Waals surface area contributed by atoms with Crippen molar-refractivity contribution in [1.82, 2.24) is 5.32 Å². The van der Waals surface area contributed by atoms with Crippen molar-refractivity contribution in [2.75, 3.05) is 20.3 Å². The second kappa shape index (κ2) is 6.99. The van der Waals surface area contributed by atoms with E-state index in [4.69, 9.17) is 9.47 Å². The molecular formula is C14H21NO4. The van der Waals surface area contributed by atoms with E-state index in [1.54, 1.807) is 26.2 Å².